The summed E-state index contributed by atoms with van der Waals surface area (Å²) in [6.07, 6.45) is 0.858. The number of aryl methyl sites for hydroxylation is 1. The monoisotopic (exact) mass is 441 g/mol. The van der Waals surface area contributed by atoms with E-state index in [-0.39, 0.29) is 36.5 Å². The van der Waals surface area contributed by atoms with E-state index >= 15 is 0 Å². The van der Waals surface area contributed by atoms with Crippen LogP contribution in [0.25, 0.3) is 11.3 Å². The molecule has 2 unspecified atom stereocenters. The molecule has 0 radical (unpaired) electrons. The number of morpholine rings is 1. The molecule has 0 saturated carbocycles. The minimum absolute atomic E-state index is 0. The highest BCUT2D eigenvalue weighted by Gasteiger charge is 2.35. The van der Waals surface area contributed by atoms with Gasteiger partial charge in [0.25, 0.3) is 5.56 Å². The van der Waals surface area contributed by atoms with Crippen molar-refractivity contribution in [2.24, 2.45) is 0 Å². The van der Waals surface area contributed by atoms with Crippen molar-refractivity contribution in [1.29, 1.82) is 0 Å². The van der Waals surface area contributed by atoms with Crippen LogP contribution in [0.15, 0.2) is 35.1 Å². The van der Waals surface area contributed by atoms with Gasteiger partial charge in [-0.25, -0.2) is 4.79 Å². The maximum absolute atomic E-state index is 12.1. The molecule has 3 heterocycles. The molecule has 2 saturated heterocycles. The van der Waals surface area contributed by atoms with E-state index in [0.717, 1.165) is 43.1 Å². The third-order valence-electron chi connectivity index (χ3n) is 5.36. The van der Waals surface area contributed by atoms with E-state index in [1.165, 1.54) is 6.07 Å². The van der Waals surface area contributed by atoms with Crippen molar-refractivity contribution < 1.29 is 14.6 Å². The maximum Gasteiger partial charge on any atom is 0.341 e. The van der Waals surface area contributed by atoms with E-state index in [4.69, 9.17) is 9.84 Å². The van der Waals surface area contributed by atoms with Crippen molar-refractivity contribution in [2.45, 2.75) is 25.5 Å². The second-order valence-corrected chi connectivity index (χ2v) is 6.99. The Morgan fingerprint density at radius 1 is 1.24 bits per heavy atom. The lowest BCUT2D eigenvalue weighted by Gasteiger charge is -2.25. The predicted octanol–water partition coefficient (Wildman–Crippen LogP) is 2.32. The number of ether oxygens (including phenoxy) is 1. The second-order valence-electron chi connectivity index (χ2n) is 6.99. The van der Waals surface area contributed by atoms with E-state index in [9.17, 15) is 9.59 Å². The summed E-state index contributed by atoms with van der Waals surface area (Å²) >= 11 is 0. The lowest BCUT2D eigenvalue weighted by molar-refractivity contribution is 0.0212. The number of H-pyrrole nitrogens is 1. The quantitative estimate of drug-likeness (QED) is 0.673. The summed E-state index contributed by atoms with van der Waals surface area (Å²) in [7, 11) is 0. The highest BCUT2D eigenvalue weighted by atomic mass is 35.5. The molecule has 2 atom stereocenters. The number of carbonyl (C=O) groups is 1. The highest BCUT2D eigenvalue weighted by molar-refractivity contribution is 5.88. The summed E-state index contributed by atoms with van der Waals surface area (Å²) in [6, 6.07) is 9.85. The largest absolute Gasteiger partial charge is 0.477 e. The molecular formula is C20H25Cl2N3O4. The fourth-order valence-electron chi connectivity index (χ4n) is 3.91. The summed E-state index contributed by atoms with van der Waals surface area (Å²) in [5.41, 5.74) is 2.67. The number of hydrogen-bond donors (Lipinski definition) is 3. The van der Waals surface area contributed by atoms with Crippen LogP contribution in [0, 0.1) is 0 Å². The number of rotatable bonds is 4. The molecule has 2 fully saturated rings. The number of anilines is 1. The topological polar surface area (TPSA) is 94.7 Å². The lowest BCUT2D eigenvalue weighted by atomic mass is 10.0. The van der Waals surface area contributed by atoms with E-state index < -0.39 is 11.5 Å². The van der Waals surface area contributed by atoms with Crippen LogP contribution in [-0.4, -0.2) is 54.4 Å². The number of aromatic amines is 1. The molecule has 0 spiro atoms. The van der Waals surface area contributed by atoms with Crippen LogP contribution in [0.1, 0.15) is 22.8 Å². The second kappa shape index (κ2) is 9.63. The molecule has 29 heavy (non-hydrogen) atoms. The minimum Gasteiger partial charge on any atom is -0.477 e. The Balaban J connectivity index is 0.00000150. The smallest absolute Gasteiger partial charge is 0.341 e. The number of carboxylic acid groups (broad SMARTS) is 1. The molecule has 1 aromatic heterocycles. The Morgan fingerprint density at radius 3 is 2.59 bits per heavy atom. The van der Waals surface area contributed by atoms with Crippen LogP contribution in [0.3, 0.4) is 0 Å². The third-order valence-corrected chi connectivity index (χ3v) is 5.36. The maximum atomic E-state index is 12.1. The Bertz CT molecular complexity index is 903. The zero-order valence-corrected chi connectivity index (χ0v) is 17.6. The van der Waals surface area contributed by atoms with Gasteiger partial charge in [0.2, 0.25) is 0 Å². The van der Waals surface area contributed by atoms with Crippen molar-refractivity contribution in [1.82, 2.24) is 10.3 Å². The zero-order chi connectivity index (χ0) is 19.0. The fourth-order valence-corrected chi connectivity index (χ4v) is 3.91. The highest BCUT2D eigenvalue weighted by Crippen LogP contribution is 2.27. The van der Waals surface area contributed by atoms with Crippen LogP contribution in [0.2, 0.25) is 0 Å². The number of aromatic nitrogens is 1. The number of pyridine rings is 1. The van der Waals surface area contributed by atoms with Gasteiger partial charge in [-0.3, -0.25) is 4.79 Å². The number of fused-ring (bicyclic) bond motifs is 1. The van der Waals surface area contributed by atoms with Crippen molar-refractivity contribution in [2.75, 3.05) is 31.1 Å². The first-order valence-electron chi connectivity index (χ1n) is 9.26. The van der Waals surface area contributed by atoms with Gasteiger partial charge < -0.3 is 25.0 Å². The van der Waals surface area contributed by atoms with Gasteiger partial charge in [-0.2, -0.15) is 0 Å². The van der Waals surface area contributed by atoms with Gasteiger partial charge in [-0.15, -0.1) is 24.8 Å². The molecule has 9 heteroatoms. The van der Waals surface area contributed by atoms with E-state index in [1.54, 1.807) is 0 Å². The zero-order valence-electron chi connectivity index (χ0n) is 16.0. The number of nitrogens with zero attached hydrogens (tertiary/aromatic N) is 1. The number of aromatic carboxylic acids is 1. The summed E-state index contributed by atoms with van der Waals surface area (Å²) < 4.78 is 5.83. The standard InChI is InChI=1S/C20H23N3O4.2ClH/c1-2-12-9-15(20(25)26)19(24)22-18(12)13-3-5-14(6-4-13)23-10-16-17(11-23)27-8-7-21-16;;/h3-6,9,16-17,21H,2,7-8,10-11H2,1H3,(H,22,24)(H,25,26);2*1H. The molecule has 1 aromatic carbocycles. The molecule has 158 valence electrons. The molecule has 4 rings (SSSR count). The van der Waals surface area contributed by atoms with E-state index in [2.05, 4.69) is 15.2 Å². The lowest BCUT2D eigenvalue weighted by Crippen LogP contribution is -2.47. The molecule has 7 nitrogen and oxygen atoms in total. The average molecular weight is 442 g/mol. The van der Waals surface area contributed by atoms with Gasteiger partial charge in [-0.05, 0) is 35.7 Å². The van der Waals surface area contributed by atoms with Gasteiger partial charge in [0, 0.05) is 25.3 Å². The number of benzene rings is 1. The van der Waals surface area contributed by atoms with Crippen molar-refractivity contribution in [3.8, 4) is 11.3 Å². The van der Waals surface area contributed by atoms with E-state index in [1.807, 2.05) is 31.2 Å². The molecule has 0 amide bonds. The minimum atomic E-state index is -1.21. The first-order valence-corrected chi connectivity index (χ1v) is 9.26. The Labute approximate surface area is 181 Å². The summed E-state index contributed by atoms with van der Waals surface area (Å²) in [5.74, 6) is -1.21. The Kier molecular flexibility index (Phi) is 7.71. The number of halogens is 2. The van der Waals surface area contributed by atoms with Crippen LogP contribution in [-0.2, 0) is 11.2 Å². The Hall–Kier alpha value is -2.06. The van der Waals surface area contributed by atoms with Crippen LogP contribution >= 0.6 is 24.8 Å². The van der Waals surface area contributed by atoms with Gasteiger partial charge >= 0.3 is 5.97 Å². The molecule has 3 N–H and O–H groups in total. The molecule has 0 aliphatic carbocycles. The average Bonchev–Trinajstić information content (AvgIpc) is 3.12. The summed E-state index contributed by atoms with van der Waals surface area (Å²) in [4.78, 5) is 28.3. The molecular weight excluding hydrogens is 417 g/mol. The first-order chi connectivity index (χ1) is 13.1. The van der Waals surface area contributed by atoms with Crippen LogP contribution in [0.4, 0.5) is 5.69 Å². The Morgan fingerprint density at radius 2 is 1.97 bits per heavy atom. The summed E-state index contributed by atoms with van der Waals surface area (Å²) in [5, 5.41) is 12.7. The SMILES string of the molecule is CCc1cc(C(=O)O)c(=O)[nH]c1-c1ccc(N2CC3NCCOC3C2)cc1.Cl.Cl. The van der Waals surface area contributed by atoms with Crippen molar-refractivity contribution in [3.05, 3.63) is 51.8 Å². The number of nitrogens with one attached hydrogen (secondary N) is 2. The molecule has 2 aromatic rings. The molecule has 2 aliphatic rings. The molecule has 2 aliphatic heterocycles. The number of carboxylic acids is 1. The van der Waals surface area contributed by atoms with Gasteiger partial charge in [0.05, 0.1) is 24.4 Å². The third kappa shape index (κ3) is 4.59. The van der Waals surface area contributed by atoms with Crippen molar-refractivity contribution >= 4 is 36.5 Å². The van der Waals surface area contributed by atoms with E-state index in [0.29, 0.717) is 18.2 Å². The predicted molar refractivity (Wildman–Crippen MR) is 117 cm³/mol. The fraction of sp³-hybridized carbons (Fsp3) is 0.400. The number of hydrogen-bond acceptors (Lipinski definition) is 5. The normalized spacial score (nSPS) is 20.4. The summed E-state index contributed by atoms with van der Waals surface area (Å²) in [6.45, 7) is 5.37. The van der Waals surface area contributed by atoms with Crippen LogP contribution in [0.5, 0.6) is 0 Å². The van der Waals surface area contributed by atoms with Gasteiger partial charge in [0.15, 0.2) is 0 Å². The molecule has 0 bridgehead atoms. The van der Waals surface area contributed by atoms with Crippen LogP contribution < -0.4 is 15.8 Å². The van der Waals surface area contributed by atoms with Crippen molar-refractivity contribution in [3.63, 3.8) is 0 Å². The first kappa shape index (κ1) is 23.2. The van der Waals surface area contributed by atoms with Gasteiger partial charge in [-0.1, -0.05) is 19.1 Å². The van der Waals surface area contributed by atoms with Gasteiger partial charge in [0.1, 0.15) is 5.56 Å².